The molecule has 0 unspecified atom stereocenters. The molecule has 0 spiro atoms. The molecule has 2 heterocycles. The van der Waals surface area contributed by atoms with Crippen LogP contribution in [0.25, 0.3) is 10.7 Å². The maximum atomic E-state index is 12.9. The number of thiazole rings is 1. The maximum Gasteiger partial charge on any atom is 0.228 e. The van der Waals surface area contributed by atoms with Crippen LogP contribution in [0.1, 0.15) is 11.3 Å². The third-order valence-electron chi connectivity index (χ3n) is 4.15. The first kappa shape index (κ1) is 19.2. The Kier molecular flexibility index (Phi) is 6.68. The number of amides is 1. The van der Waals surface area contributed by atoms with Crippen LogP contribution >= 0.6 is 11.3 Å². The largest absolute Gasteiger partial charge is 0.337 e. The number of benzene rings is 1. The molecule has 5 nitrogen and oxygen atoms in total. The average molecular weight is 381 g/mol. The fourth-order valence-electron chi connectivity index (χ4n) is 2.68. The molecule has 0 atom stereocenters. The van der Waals surface area contributed by atoms with E-state index in [4.69, 9.17) is 0 Å². The van der Waals surface area contributed by atoms with Gasteiger partial charge in [-0.25, -0.2) is 4.98 Å². The quantitative estimate of drug-likeness (QED) is 0.601. The predicted molar refractivity (Wildman–Crippen MR) is 109 cm³/mol. The second-order valence-corrected chi connectivity index (χ2v) is 7.50. The van der Waals surface area contributed by atoms with Crippen molar-refractivity contribution in [2.75, 3.05) is 27.2 Å². The van der Waals surface area contributed by atoms with Gasteiger partial charge in [0, 0.05) is 31.2 Å². The standard InChI is InChI=1S/C21H24N4OS/c1-24(2)12-13-25(15-17-8-4-3-5-9-17)20(26)14-18-16-27-21(23-18)19-10-6-7-11-22-19/h3-11,16H,12-15H2,1-2H3. The topological polar surface area (TPSA) is 49.3 Å². The van der Waals surface area contributed by atoms with Crippen molar-refractivity contribution in [3.63, 3.8) is 0 Å². The lowest BCUT2D eigenvalue weighted by Gasteiger charge is -2.24. The number of aromatic nitrogens is 2. The van der Waals surface area contributed by atoms with Gasteiger partial charge in [-0.2, -0.15) is 0 Å². The molecule has 0 aliphatic heterocycles. The Morgan fingerprint density at radius 2 is 1.81 bits per heavy atom. The number of carbonyl (C=O) groups excluding carboxylic acids is 1. The number of rotatable bonds is 8. The van der Waals surface area contributed by atoms with Crippen molar-refractivity contribution in [3.8, 4) is 10.7 Å². The molecule has 0 bridgehead atoms. The molecule has 27 heavy (non-hydrogen) atoms. The third-order valence-corrected chi connectivity index (χ3v) is 5.07. The minimum absolute atomic E-state index is 0.0959. The van der Waals surface area contributed by atoms with Crippen LogP contribution in [-0.2, 0) is 17.8 Å². The lowest BCUT2D eigenvalue weighted by Crippen LogP contribution is -2.37. The van der Waals surface area contributed by atoms with Gasteiger partial charge in [-0.15, -0.1) is 11.3 Å². The molecule has 3 rings (SSSR count). The van der Waals surface area contributed by atoms with E-state index < -0.39 is 0 Å². The zero-order valence-corrected chi connectivity index (χ0v) is 16.5. The fourth-order valence-corrected chi connectivity index (χ4v) is 3.47. The number of nitrogens with zero attached hydrogens (tertiary/aromatic N) is 4. The summed E-state index contributed by atoms with van der Waals surface area (Å²) < 4.78 is 0. The first-order valence-electron chi connectivity index (χ1n) is 8.94. The third kappa shape index (κ3) is 5.70. The molecule has 1 amide bonds. The molecule has 140 valence electrons. The molecule has 0 N–H and O–H groups in total. The Bertz CT molecular complexity index is 849. The van der Waals surface area contributed by atoms with Gasteiger partial charge in [-0.05, 0) is 31.8 Å². The zero-order chi connectivity index (χ0) is 19.1. The number of hydrogen-bond donors (Lipinski definition) is 0. The first-order chi connectivity index (χ1) is 13.1. The maximum absolute atomic E-state index is 12.9. The normalized spacial score (nSPS) is 10.9. The molecule has 0 aliphatic rings. The highest BCUT2D eigenvalue weighted by Crippen LogP contribution is 2.22. The van der Waals surface area contributed by atoms with E-state index in [1.165, 1.54) is 11.3 Å². The highest BCUT2D eigenvalue weighted by molar-refractivity contribution is 7.13. The Labute approximate surface area is 164 Å². The van der Waals surface area contributed by atoms with Gasteiger partial charge in [0.2, 0.25) is 5.91 Å². The van der Waals surface area contributed by atoms with Crippen molar-refractivity contribution in [1.82, 2.24) is 19.8 Å². The molecule has 0 saturated carbocycles. The van der Waals surface area contributed by atoms with Crippen LogP contribution in [0.4, 0.5) is 0 Å². The average Bonchev–Trinajstić information content (AvgIpc) is 3.15. The van der Waals surface area contributed by atoms with Crippen LogP contribution in [-0.4, -0.2) is 52.9 Å². The summed E-state index contributed by atoms with van der Waals surface area (Å²) in [6.45, 7) is 2.14. The van der Waals surface area contributed by atoms with E-state index in [1.54, 1.807) is 6.20 Å². The van der Waals surface area contributed by atoms with E-state index in [9.17, 15) is 4.79 Å². The van der Waals surface area contributed by atoms with Gasteiger partial charge < -0.3 is 9.80 Å². The van der Waals surface area contributed by atoms with Crippen molar-refractivity contribution in [2.45, 2.75) is 13.0 Å². The number of hydrogen-bond acceptors (Lipinski definition) is 5. The van der Waals surface area contributed by atoms with Crippen molar-refractivity contribution in [3.05, 3.63) is 71.4 Å². The van der Waals surface area contributed by atoms with Crippen molar-refractivity contribution >= 4 is 17.2 Å². The van der Waals surface area contributed by atoms with Crippen LogP contribution in [0.5, 0.6) is 0 Å². The molecule has 0 radical (unpaired) electrons. The van der Waals surface area contributed by atoms with Gasteiger partial charge in [0.15, 0.2) is 0 Å². The Balaban J connectivity index is 1.69. The number of likely N-dealkylation sites (N-methyl/N-ethyl adjacent to an activating group) is 1. The molecule has 0 fully saturated rings. The lowest BCUT2D eigenvalue weighted by molar-refractivity contribution is -0.131. The van der Waals surface area contributed by atoms with Gasteiger partial charge in [-0.3, -0.25) is 9.78 Å². The minimum atomic E-state index is 0.0959. The summed E-state index contributed by atoms with van der Waals surface area (Å²) in [5.74, 6) is 0.0959. The first-order valence-corrected chi connectivity index (χ1v) is 9.82. The molecule has 3 aromatic rings. The van der Waals surface area contributed by atoms with E-state index in [-0.39, 0.29) is 5.91 Å². The molecular weight excluding hydrogens is 356 g/mol. The van der Waals surface area contributed by atoms with E-state index in [0.717, 1.165) is 28.5 Å². The Morgan fingerprint density at radius 3 is 2.52 bits per heavy atom. The van der Waals surface area contributed by atoms with Crippen LogP contribution in [0.2, 0.25) is 0 Å². The minimum Gasteiger partial charge on any atom is -0.337 e. The van der Waals surface area contributed by atoms with Gasteiger partial charge in [0.25, 0.3) is 0 Å². The summed E-state index contributed by atoms with van der Waals surface area (Å²) in [6.07, 6.45) is 2.06. The van der Waals surface area contributed by atoms with Crippen LogP contribution in [0, 0.1) is 0 Å². The summed E-state index contributed by atoms with van der Waals surface area (Å²) in [5.41, 5.74) is 2.78. The molecule has 0 saturated heterocycles. The highest BCUT2D eigenvalue weighted by atomic mass is 32.1. The Morgan fingerprint density at radius 1 is 1.04 bits per heavy atom. The second-order valence-electron chi connectivity index (χ2n) is 6.64. The number of carbonyl (C=O) groups is 1. The van der Waals surface area contributed by atoms with E-state index >= 15 is 0 Å². The molecule has 6 heteroatoms. The highest BCUT2D eigenvalue weighted by Gasteiger charge is 2.17. The van der Waals surface area contributed by atoms with E-state index in [0.29, 0.717) is 19.5 Å². The van der Waals surface area contributed by atoms with E-state index in [2.05, 4.69) is 27.0 Å². The summed E-state index contributed by atoms with van der Waals surface area (Å²) in [4.78, 5) is 25.9. The van der Waals surface area contributed by atoms with Crippen LogP contribution in [0.3, 0.4) is 0 Å². The van der Waals surface area contributed by atoms with Gasteiger partial charge in [-0.1, -0.05) is 36.4 Å². The van der Waals surface area contributed by atoms with Crippen molar-refractivity contribution in [1.29, 1.82) is 0 Å². The van der Waals surface area contributed by atoms with Gasteiger partial charge in [0.1, 0.15) is 5.01 Å². The summed E-state index contributed by atoms with van der Waals surface area (Å²) in [6, 6.07) is 15.9. The second kappa shape index (κ2) is 9.39. The summed E-state index contributed by atoms with van der Waals surface area (Å²) >= 11 is 1.53. The molecule has 1 aromatic carbocycles. The van der Waals surface area contributed by atoms with Crippen LogP contribution < -0.4 is 0 Å². The van der Waals surface area contributed by atoms with Crippen molar-refractivity contribution < 1.29 is 4.79 Å². The van der Waals surface area contributed by atoms with Crippen LogP contribution in [0.15, 0.2) is 60.1 Å². The smallest absolute Gasteiger partial charge is 0.228 e. The van der Waals surface area contributed by atoms with Crippen molar-refractivity contribution in [2.24, 2.45) is 0 Å². The fraction of sp³-hybridized carbons (Fsp3) is 0.286. The molecular formula is C21H24N4OS. The molecule has 0 aliphatic carbocycles. The SMILES string of the molecule is CN(C)CCN(Cc1ccccc1)C(=O)Cc1csc(-c2ccccn2)n1. The van der Waals surface area contributed by atoms with E-state index in [1.807, 2.05) is 60.8 Å². The monoisotopic (exact) mass is 380 g/mol. The Hall–Kier alpha value is -2.57. The summed E-state index contributed by atoms with van der Waals surface area (Å²) in [7, 11) is 4.04. The predicted octanol–water partition coefficient (Wildman–Crippen LogP) is 3.34. The lowest BCUT2D eigenvalue weighted by atomic mass is 10.2. The molecule has 2 aromatic heterocycles. The van der Waals surface area contributed by atoms with Gasteiger partial charge in [0.05, 0.1) is 17.8 Å². The van der Waals surface area contributed by atoms with Gasteiger partial charge >= 0.3 is 0 Å². The number of pyridine rings is 1. The zero-order valence-electron chi connectivity index (χ0n) is 15.7. The summed E-state index contributed by atoms with van der Waals surface area (Å²) in [5, 5.41) is 2.80.